The summed E-state index contributed by atoms with van der Waals surface area (Å²) in [5.74, 6) is -0.522. The molecule has 0 spiro atoms. The van der Waals surface area contributed by atoms with E-state index < -0.39 is 5.97 Å². The number of nitrogens with one attached hydrogen (secondary N) is 2. The maximum atomic E-state index is 12.0. The van der Waals surface area contributed by atoms with Crippen molar-refractivity contribution < 1.29 is 14.7 Å². The fourth-order valence-electron chi connectivity index (χ4n) is 2.48. The Morgan fingerprint density at radius 2 is 1.74 bits per heavy atom. The average Bonchev–Trinajstić information content (AvgIpc) is 3.19. The molecule has 0 saturated heterocycles. The van der Waals surface area contributed by atoms with Gasteiger partial charge in [0.2, 0.25) is 0 Å². The standard InChI is InChI=1S/C14H26N2O3/c1-4-14(5-2,6-3)16-13(19)15-11(9-12(17)18)10-7-8-10/h10-11H,4-9H2,1-3H3,(H,17,18)(H2,15,16,19). The first-order chi connectivity index (χ1) is 8.96. The van der Waals surface area contributed by atoms with Crippen LogP contribution < -0.4 is 10.6 Å². The van der Waals surface area contributed by atoms with Crippen LogP contribution in [-0.4, -0.2) is 28.7 Å². The molecular weight excluding hydrogens is 244 g/mol. The lowest BCUT2D eigenvalue weighted by molar-refractivity contribution is -0.137. The van der Waals surface area contributed by atoms with E-state index in [1.807, 2.05) is 0 Å². The predicted octanol–water partition coefficient (Wildman–Crippen LogP) is 2.51. The molecule has 0 aromatic rings. The Morgan fingerprint density at radius 1 is 1.21 bits per heavy atom. The monoisotopic (exact) mass is 270 g/mol. The van der Waals surface area contributed by atoms with Gasteiger partial charge in [-0.25, -0.2) is 4.79 Å². The second kappa shape index (κ2) is 6.78. The highest BCUT2D eigenvalue weighted by Gasteiger charge is 2.35. The first-order valence-corrected chi connectivity index (χ1v) is 7.26. The van der Waals surface area contributed by atoms with Gasteiger partial charge < -0.3 is 15.7 Å². The van der Waals surface area contributed by atoms with Crippen LogP contribution in [0.15, 0.2) is 0 Å². The molecule has 0 aliphatic heterocycles. The Hall–Kier alpha value is -1.26. The van der Waals surface area contributed by atoms with E-state index in [-0.39, 0.29) is 24.0 Å². The van der Waals surface area contributed by atoms with Gasteiger partial charge >= 0.3 is 12.0 Å². The number of carboxylic acid groups (broad SMARTS) is 1. The van der Waals surface area contributed by atoms with Gasteiger partial charge in [-0.05, 0) is 38.0 Å². The number of amides is 2. The summed E-state index contributed by atoms with van der Waals surface area (Å²) in [7, 11) is 0. The Kier molecular flexibility index (Phi) is 5.63. The first-order valence-electron chi connectivity index (χ1n) is 7.26. The van der Waals surface area contributed by atoms with Crippen molar-refractivity contribution in [2.75, 3.05) is 0 Å². The van der Waals surface area contributed by atoms with E-state index in [0.717, 1.165) is 32.1 Å². The lowest BCUT2D eigenvalue weighted by Crippen LogP contribution is -2.53. The van der Waals surface area contributed by atoms with Crippen LogP contribution in [0, 0.1) is 5.92 Å². The fraction of sp³-hybridized carbons (Fsp3) is 0.857. The zero-order chi connectivity index (χ0) is 14.5. The van der Waals surface area contributed by atoms with Gasteiger partial charge in [0.1, 0.15) is 0 Å². The number of urea groups is 1. The summed E-state index contributed by atoms with van der Waals surface area (Å²) in [4.78, 5) is 22.8. The van der Waals surface area contributed by atoms with Crippen molar-refractivity contribution in [1.82, 2.24) is 10.6 Å². The maximum absolute atomic E-state index is 12.0. The third kappa shape index (κ3) is 4.73. The quantitative estimate of drug-likeness (QED) is 0.634. The predicted molar refractivity (Wildman–Crippen MR) is 74.0 cm³/mol. The van der Waals surface area contributed by atoms with Gasteiger partial charge in [-0.1, -0.05) is 20.8 Å². The van der Waals surface area contributed by atoms with Crippen LogP contribution in [0.4, 0.5) is 4.79 Å². The van der Waals surface area contributed by atoms with Gasteiger partial charge in [0, 0.05) is 11.6 Å². The summed E-state index contributed by atoms with van der Waals surface area (Å²) in [5, 5.41) is 14.7. The minimum Gasteiger partial charge on any atom is -0.481 e. The Bertz CT molecular complexity index is 314. The van der Waals surface area contributed by atoms with Crippen LogP contribution in [0.25, 0.3) is 0 Å². The molecular formula is C14H26N2O3. The molecule has 1 saturated carbocycles. The van der Waals surface area contributed by atoms with Gasteiger partial charge in [-0.15, -0.1) is 0 Å². The van der Waals surface area contributed by atoms with Crippen molar-refractivity contribution >= 4 is 12.0 Å². The van der Waals surface area contributed by atoms with Gasteiger partial charge in [0.25, 0.3) is 0 Å². The molecule has 3 N–H and O–H groups in total. The topological polar surface area (TPSA) is 78.4 Å². The third-order valence-electron chi connectivity index (χ3n) is 4.31. The summed E-state index contributed by atoms with van der Waals surface area (Å²) < 4.78 is 0. The van der Waals surface area contributed by atoms with Crippen molar-refractivity contribution in [3.8, 4) is 0 Å². The molecule has 110 valence electrons. The zero-order valence-electron chi connectivity index (χ0n) is 12.2. The van der Waals surface area contributed by atoms with Gasteiger partial charge in [0.05, 0.1) is 6.42 Å². The van der Waals surface area contributed by atoms with Gasteiger partial charge in [-0.2, -0.15) is 0 Å². The van der Waals surface area contributed by atoms with E-state index in [1.165, 1.54) is 0 Å². The average molecular weight is 270 g/mol. The fourth-order valence-corrected chi connectivity index (χ4v) is 2.48. The molecule has 1 atom stereocenters. The van der Waals surface area contributed by atoms with Crippen LogP contribution in [0.2, 0.25) is 0 Å². The van der Waals surface area contributed by atoms with Crippen molar-refractivity contribution in [2.24, 2.45) is 5.92 Å². The van der Waals surface area contributed by atoms with E-state index in [2.05, 4.69) is 31.4 Å². The minimum absolute atomic E-state index is 0.00939. The molecule has 1 fully saturated rings. The number of aliphatic carboxylic acids is 1. The molecule has 0 aromatic heterocycles. The second-order valence-electron chi connectivity index (χ2n) is 5.48. The maximum Gasteiger partial charge on any atom is 0.315 e. The van der Waals surface area contributed by atoms with E-state index in [4.69, 9.17) is 5.11 Å². The van der Waals surface area contributed by atoms with E-state index >= 15 is 0 Å². The molecule has 1 rings (SSSR count). The lowest BCUT2D eigenvalue weighted by atomic mass is 9.90. The molecule has 1 aliphatic carbocycles. The largest absolute Gasteiger partial charge is 0.481 e. The Morgan fingerprint density at radius 3 is 2.11 bits per heavy atom. The molecule has 1 aliphatic rings. The molecule has 0 radical (unpaired) electrons. The molecule has 0 bridgehead atoms. The normalized spacial score (nSPS) is 16.8. The Labute approximate surface area is 115 Å². The molecule has 5 nitrogen and oxygen atoms in total. The van der Waals surface area contributed by atoms with Crippen molar-refractivity contribution in [1.29, 1.82) is 0 Å². The van der Waals surface area contributed by atoms with Crippen LogP contribution in [0.1, 0.15) is 59.3 Å². The smallest absolute Gasteiger partial charge is 0.315 e. The van der Waals surface area contributed by atoms with Crippen molar-refractivity contribution in [2.45, 2.75) is 70.9 Å². The molecule has 0 heterocycles. The van der Waals surface area contributed by atoms with Gasteiger partial charge in [-0.3, -0.25) is 4.79 Å². The minimum atomic E-state index is -0.857. The summed E-state index contributed by atoms with van der Waals surface area (Å²) in [6.45, 7) is 6.18. The molecule has 2 amide bonds. The highest BCUT2D eigenvalue weighted by Crippen LogP contribution is 2.34. The number of carboxylic acids is 1. The van der Waals surface area contributed by atoms with Crippen LogP contribution in [0.5, 0.6) is 0 Å². The number of hydrogen-bond donors (Lipinski definition) is 3. The first kappa shape index (κ1) is 15.8. The molecule has 19 heavy (non-hydrogen) atoms. The summed E-state index contributed by atoms with van der Waals surface area (Å²) >= 11 is 0. The van der Waals surface area contributed by atoms with E-state index in [1.54, 1.807) is 0 Å². The SMILES string of the molecule is CCC(CC)(CC)NC(=O)NC(CC(=O)O)C1CC1. The summed E-state index contributed by atoms with van der Waals surface area (Å²) in [5.41, 5.74) is -0.179. The van der Waals surface area contributed by atoms with E-state index in [9.17, 15) is 9.59 Å². The third-order valence-corrected chi connectivity index (χ3v) is 4.31. The van der Waals surface area contributed by atoms with Crippen molar-refractivity contribution in [3.63, 3.8) is 0 Å². The van der Waals surface area contributed by atoms with Crippen LogP contribution >= 0.6 is 0 Å². The number of hydrogen-bond acceptors (Lipinski definition) is 2. The summed E-state index contributed by atoms with van der Waals surface area (Å²) in [6.07, 6.45) is 4.66. The highest BCUT2D eigenvalue weighted by atomic mass is 16.4. The summed E-state index contributed by atoms with van der Waals surface area (Å²) in [6, 6.07) is -0.468. The molecule has 5 heteroatoms. The lowest BCUT2D eigenvalue weighted by Gasteiger charge is -2.32. The zero-order valence-corrected chi connectivity index (χ0v) is 12.2. The highest BCUT2D eigenvalue weighted by molar-refractivity contribution is 5.76. The molecule has 1 unspecified atom stereocenters. The second-order valence-corrected chi connectivity index (χ2v) is 5.48. The number of carbonyl (C=O) groups is 2. The van der Waals surface area contributed by atoms with Crippen molar-refractivity contribution in [3.05, 3.63) is 0 Å². The molecule has 0 aromatic carbocycles. The van der Waals surface area contributed by atoms with Gasteiger partial charge in [0.15, 0.2) is 0 Å². The van der Waals surface area contributed by atoms with Crippen LogP contribution in [-0.2, 0) is 4.79 Å². The number of carbonyl (C=O) groups excluding carboxylic acids is 1. The van der Waals surface area contributed by atoms with Crippen LogP contribution in [0.3, 0.4) is 0 Å². The van der Waals surface area contributed by atoms with E-state index in [0.29, 0.717) is 5.92 Å². The Balaban J connectivity index is 2.54. The number of rotatable bonds is 8.